The number of carbonyl (C=O) groups excluding carboxylic acids is 1. The molecule has 2 aromatic rings. The number of aliphatic carboxylic acids is 1. The minimum atomic E-state index is -0.939. The van der Waals surface area contributed by atoms with Crippen LogP contribution in [0, 0.1) is 0 Å². The molecule has 0 bridgehead atoms. The summed E-state index contributed by atoms with van der Waals surface area (Å²) in [5, 5.41) is 11.0. The molecule has 0 atom stereocenters. The zero-order valence-electron chi connectivity index (χ0n) is 11.7. The molecule has 0 fully saturated rings. The lowest BCUT2D eigenvalue weighted by molar-refractivity contribution is -0.136. The fourth-order valence-electron chi connectivity index (χ4n) is 1.83. The van der Waals surface area contributed by atoms with E-state index in [9.17, 15) is 9.59 Å². The normalized spacial score (nSPS) is 10.4. The molecular weight excluding hydrogens is 352 g/mol. The molecule has 2 N–H and O–H groups in total. The topological polar surface area (TPSA) is 92.4 Å². The number of carboxylic acid groups (broad SMARTS) is 1. The molecule has 0 aliphatic rings. The lowest BCUT2D eigenvalue weighted by atomic mass is 10.2. The predicted octanol–water partition coefficient (Wildman–Crippen LogP) is 2.63. The first-order valence-corrected chi connectivity index (χ1v) is 7.53. The summed E-state index contributed by atoms with van der Waals surface area (Å²) in [6, 6.07) is 7.63. The molecule has 0 radical (unpaired) electrons. The van der Waals surface area contributed by atoms with Gasteiger partial charge in [-0.25, -0.2) is 4.98 Å². The second-order valence-electron chi connectivity index (χ2n) is 4.59. The maximum atomic E-state index is 11.5. The first kappa shape index (κ1) is 16.2. The number of oxazole rings is 1. The highest BCUT2D eigenvalue weighted by Gasteiger charge is 2.11. The number of nitrogens with zero attached hydrogens (tertiary/aromatic N) is 1. The van der Waals surface area contributed by atoms with E-state index in [-0.39, 0.29) is 25.3 Å². The van der Waals surface area contributed by atoms with Crippen molar-refractivity contribution in [1.29, 1.82) is 0 Å². The maximum Gasteiger partial charge on any atom is 0.305 e. The van der Waals surface area contributed by atoms with Gasteiger partial charge in [0.15, 0.2) is 11.7 Å². The summed E-state index contributed by atoms with van der Waals surface area (Å²) >= 11 is 3.44. The SMILES string of the molecule is O=C(O)CCNC(=O)CCc1ncc(-c2ccccc2Br)o1. The Hall–Kier alpha value is -2.15. The standard InChI is InChI=1S/C15H15BrN2O4/c16-11-4-2-1-3-10(11)12-9-18-14(22-12)6-5-13(19)17-8-7-15(20)21/h1-4,9H,5-8H2,(H,17,19)(H,20,21). The zero-order valence-corrected chi connectivity index (χ0v) is 13.3. The quantitative estimate of drug-likeness (QED) is 0.785. The number of aromatic nitrogens is 1. The van der Waals surface area contributed by atoms with Crippen molar-refractivity contribution in [2.75, 3.05) is 6.54 Å². The van der Waals surface area contributed by atoms with Crippen molar-refractivity contribution < 1.29 is 19.1 Å². The van der Waals surface area contributed by atoms with Crippen LogP contribution < -0.4 is 5.32 Å². The molecule has 1 aromatic carbocycles. The number of aryl methyl sites for hydroxylation is 1. The Morgan fingerprint density at radius 1 is 1.27 bits per heavy atom. The van der Waals surface area contributed by atoms with Crippen LogP contribution in [0.1, 0.15) is 18.7 Å². The molecule has 22 heavy (non-hydrogen) atoms. The molecule has 0 aliphatic heterocycles. The molecule has 116 valence electrons. The second-order valence-corrected chi connectivity index (χ2v) is 5.45. The van der Waals surface area contributed by atoms with E-state index in [1.807, 2.05) is 24.3 Å². The summed E-state index contributed by atoms with van der Waals surface area (Å²) in [5.74, 6) is -0.0547. The van der Waals surface area contributed by atoms with Crippen molar-refractivity contribution >= 4 is 27.8 Å². The van der Waals surface area contributed by atoms with Gasteiger partial charge < -0.3 is 14.8 Å². The van der Waals surface area contributed by atoms with Crippen LogP contribution in [0.3, 0.4) is 0 Å². The average molecular weight is 367 g/mol. The van der Waals surface area contributed by atoms with E-state index >= 15 is 0 Å². The maximum absolute atomic E-state index is 11.5. The van der Waals surface area contributed by atoms with Gasteiger partial charge in [-0.2, -0.15) is 0 Å². The van der Waals surface area contributed by atoms with Gasteiger partial charge in [-0.1, -0.05) is 34.1 Å². The Morgan fingerprint density at radius 3 is 2.77 bits per heavy atom. The molecule has 0 spiro atoms. The van der Waals surface area contributed by atoms with Gasteiger partial charge in [-0.05, 0) is 6.07 Å². The van der Waals surface area contributed by atoms with Crippen molar-refractivity contribution in [1.82, 2.24) is 10.3 Å². The van der Waals surface area contributed by atoms with E-state index in [2.05, 4.69) is 26.2 Å². The van der Waals surface area contributed by atoms with Gasteiger partial charge in [0.05, 0.1) is 12.6 Å². The van der Waals surface area contributed by atoms with Crippen molar-refractivity contribution in [2.24, 2.45) is 0 Å². The molecule has 2 rings (SSSR count). The Balaban J connectivity index is 1.86. The third-order valence-electron chi connectivity index (χ3n) is 2.92. The molecule has 0 unspecified atom stereocenters. The van der Waals surface area contributed by atoms with Crippen LogP contribution >= 0.6 is 15.9 Å². The highest BCUT2D eigenvalue weighted by molar-refractivity contribution is 9.10. The molecule has 6 nitrogen and oxygen atoms in total. The Morgan fingerprint density at radius 2 is 2.05 bits per heavy atom. The number of hydrogen-bond donors (Lipinski definition) is 2. The van der Waals surface area contributed by atoms with Crippen LogP contribution in [-0.2, 0) is 16.0 Å². The summed E-state index contributed by atoms with van der Waals surface area (Å²) in [4.78, 5) is 26.0. The number of carboxylic acids is 1. The van der Waals surface area contributed by atoms with E-state index in [0.29, 0.717) is 18.1 Å². The van der Waals surface area contributed by atoms with Gasteiger partial charge in [-0.15, -0.1) is 0 Å². The van der Waals surface area contributed by atoms with E-state index in [1.165, 1.54) is 0 Å². The Kier molecular flexibility index (Phi) is 5.71. The van der Waals surface area contributed by atoms with Crippen LogP contribution in [0.2, 0.25) is 0 Å². The highest BCUT2D eigenvalue weighted by Crippen LogP contribution is 2.28. The fraction of sp³-hybridized carbons (Fsp3) is 0.267. The Bertz CT molecular complexity index is 669. The second kappa shape index (κ2) is 7.74. The van der Waals surface area contributed by atoms with E-state index in [0.717, 1.165) is 10.0 Å². The number of halogens is 1. The van der Waals surface area contributed by atoms with Crippen LogP contribution in [0.5, 0.6) is 0 Å². The number of benzene rings is 1. The lowest BCUT2D eigenvalue weighted by Crippen LogP contribution is -2.26. The van der Waals surface area contributed by atoms with E-state index in [4.69, 9.17) is 9.52 Å². The van der Waals surface area contributed by atoms with Gasteiger partial charge in [-0.3, -0.25) is 9.59 Å². The summed E-state index contributed by atoms with van der Waals surface area (Å²) < 4.78 is 6.53. The first-order valence-electron chi connectivity index (χ1n) is 6.74. The minimum absolute atomic E-state index is 0.0864. The third-order valence-corrected chi connectivity index (χ3v) is 3.61. The smallest absolute Gasteiger partial charge is 0.305 e. The summed E-state index contributed by atoms with van der Waals surface area (Å²) in [6.45, 7) is 0.127. The van der Waals surface area contributed by atoms with Gasteiger partial charge in [0.25, 0.3) is 0 Å². The molecule has 1 heterocycles. The minimum Gasteiger partial charge on any atom is -0.481 e. The summed E-state index contributed by atoms with van der Waals surface area (Å²) in [7, 11) is 0. The molecule has 1 amide bonds. The van der Waals surface area contributed by atoms with Gasteiger partial charge >= 0.3 is 5.97 Å². The monoisotopic (exact) mass is 366 g/mol. The van der Waals surface area contributed by atoms with Crippen LogP contribution in [-0.4, -0.2) is 28.5 Å². The van der Waals surface area contributed by atoms with E-state index < -0.39 is 5.97 Å². The summed E-state index contributed by atoms with van der Waals surface area (Å²) in [6.07, 6.45) is 2.10. The van der Waals surface area contributed by atoms with Crippen LogP contribution in [0.25, 0.3) is 11.3 Å². The number of carbonyl (C=O) groups is 2. The molecule has 1 aromatic heterocycles. The lowest BCUT2D eigenvalue weighted by Gasteiger charge is -2.02. The Labute approximate surface area is 135 Å². The first-order chi connectivity index (χ1) is 10.6. The molecule has 0 saturated carbocycles. The highest BCUT2D eigenvalue weighted by atomic mass is 79.9. The average Bonchev–Trinajstić information content (AvgIpc) is 2.94. The molecule has 7 heteroatoms. The largest absolute Gasteiger partial charge is 0.481 e. The molecular formula is C15H15BrN2O4. The predicted molar refractivity (Wildman–Crippen MR) is 83.2 cm³/mol. The van der Waals surface area contributed by atoms with Gasteiger partial charge in [0.1, 0.15) is 0 Å². The van der Waals surface area contributed by atoms with Crippen molar-refractivity contribution in [3.05, 3.63) is 40.8 Å². The number of nitrogens with one attached hydrogen (secondary N) is 1. The van der Waals surface area contributed by atoms with Crippen molar-refractivity contribution in [2.45, 2.75) is 19.3 Å². The number of rotatable bonds is 7. The summed E-state index contributed by atoms with van der Waals surface area (Å²) in [5.41, 5.74) is 0.896. The van der Waals surface area contributed by atoms with Gasteiger partial charge in [0.2, 0.25) is 5.91 Å². The molecule has 0 saturated heterocycles. The van der Waals surface area contributed by atoms with Crippen molar-refractivity contribution in [3.8, 4) is 11.3 Å². The fourth-order valence-corrected chi connectivity index (χ4v) is 2.31. The van der Waals surface area contributed by atoms with Crippen LogP contribution in [0.15, 0.2) is 39.4 Å². The van der Waals surface area contributed by atoms with E-state index in [1.54, 1.807) is 6.20 Å². The third kappa shape index (κ3) is 4.70. The number of amides is 1. The molecule has 0 aliphatic carbocycles. The van der Waals surface area contributed by atoms with Crippen molar-refractivity contribution in [3.63, 3.8) is 0 Å². The number of hydrogen-bond acceptors (Lipinski definition) is 4. The zero-order chi connectivity index (χ0) is 15.9. The van der Waals surface area contributed by atoms with Gasteiger partial charge in [0, 0.05) is 29.4 Å². The van der Waals surface area contributed by atoms with Crippen LogP contribution in [0.4, 0.5) is 0 Å².